The highest BCUT2D eigenvalue weighted by atomic mass is 32.1. The van der Waals surface area contributed by atoms with Crippen LogP contribution in [0.5, 0.6) is 0 Å². The summed E-state index contributed by atoms with van der Waals surface area (Å²) in [6.45, 7) is 4.66. The molecule has 1 aliphatic heterocycles. The maximum absolute atomic E-state index is 11.2. The summed E-state index contributed by atoms with van der Waals surface area (Å²) < 4.78 is 0. The fourth-order valence-corrected chi connectivity index (χ4v) is 5.26. The van der Waals surface area contributed by atoms with Crippen LogP contribution in [0.2, 0.25) is 0 Å². The second-order valence-electron chi connectivity index (χ2n) is 8.60. The van der Waals surface area contributed by atoms with Crippen LogP contribution in [-0.2, 0) is 17.6 Å². The second-order valence-corrected chi connectivity index (χ2v) is 9.54. The molecule has 0 bridgehead atoms. The smallest absolute Gasteiger partial charge is 0.249 e. The highest BCUT2D eigenvalue weighted by Gasteiger charge is 2.38. The van der Waals surface area contributed by atoms with E-state index in [0.29, 0.717) is 6.04 Å². The number of hydrogen-bond acceptors (Lipinski definition) is 6. The molecule has 3 N–H and O–H groups in total. The van der Waals surface area contributed by atoms with Crippen LogP contribution in [0, 0.1) is 5.92 Å². The van der Waals surface area contributed by atoms with Crippen molar-refractivity contribution in [2.24, 2.45) is 5.92 Å². The van der Waals surface area contributed by atoms with Gasteiger partial charge in [-0.3, -0.25) is 10.0 Å². The molecule has 0 radical (unpaired) electrons. The van der Waals surface area contributed by atoms with Gasteiger partial charge in [0.25, 0.3) is 0 Å². The quantitative estimate of drug-likeness (QED) is 0.401. The lowest BCUT2D eigenvalue weighted by Gasteiger charge is -2.32. The minimum Gasteiger partial charge on any atom is -0.313 e. The van der Waals surface area contributed by atoms with E-state index >= 15 is 0 Å². The van der Waals surface area contributed by atoms with E-state index in [0.717, 1.165) is 48.5 Å². The highest BCUT2D eigenvalue weighted by Crippen LogP contribution is 2.40. The minimum absolute atomic E-state index is 0.140. The zero-order valence-electron chi connectivity index (χ0n) is 17.4. The molecule has 30 heavy (non-hydrogen) atoms. The molecule has 2 atom stereocenters. The van der Waals surface area contributed by atoms with Crippen molar-refractivity contribution in [2.45, 2.75) is 50.5 Å². The molecule has 0 spiro atoms. The number of hydrogen-bond donors (Lipinski definition) is 3. The van der Waals surface area contributed by atoms with Gasteiger partial charge in [0.05, 0.1) is 17.1 Å². The molecule has 2 fully saturated rings. The Morgan fingerprint density at radius 1 is 1.23 bits per heavy atom. The number of nitrogens with one attached hydrogen (secondary N) is 2. The molecule has 2 unspecified atom stereocenters. The number of rotatable bonds is 10. The van der Waals surface area contributed by atoms with Crippen LogP contribution in [-0.4, -0.2) is 53.2 Å². The van der Waals surface area contributed by atoms with Crippen molar-refractivity contribution >= 4 is 17.2 Å². The van der Waals surface area contributed by atoms with Gasteiger partial charge in [-0.1, -0.05) is 30.3 Å². The Morgan fingerprint density at radius 3 is 2.80 bits per heavy atom. The summed E-state index contributed by atoms with van der Waals surface area (Å²) in [5, 5.41) is 15.4. The van der Waals surface area contributed by atoms with E-state index in [1.165, 1.54) is 37.9 Å². The predicted octanol–water partition coefficient (Wildman–Crippen LogP) is 2.98. The van der Waals surface area contributed by atoms with Gasteiger partial charge < -0.3 is 10.2 Å². The van der Waals surface area contributed by atoms with Crippen molar-refractivity contribution in [1.29, 1.82) is 0 Å². The van der Waals surface area contributed by atoms with Gasteiger partial charge in [-0.05, 0) is 63.3 Å². The Labute approximate surface area is 182 Å². The molecular formula is C23H32N4O2S. The number of thiazole rings is 1. The molecule has 6 nitrogen and oxygen atoms in total. The van der Waals surface area contributed by atoms with E-state index in [1.807, 2.05) is 5.38 Å². The molecule has 1 amide bonds. The summed E-state index contributed by atoms with van der Waals surface area (Å²) in [6.07, 6.45) is 6.05. The first-order valence-corrected chi connectivity index (χ1v) is 12.0. The van der Waals surface area contributed by atoms with Crippen molar-refractivity contribution < 1.29 is 10.0 Å². The number of aromatic nitrogens is 1. The van der Waals surface area contributed by atoms with Crippen molar-refractivity contribution in [3.63, 3.8) is 0 Å². The number of hydroxylamine groups is 1. The number of carbonyl (C=O) groups excluding carboxylic acids is 1. The van der Waals surface area contributed by atoms with Gasteiger partial charge in [0.1, 0.15) is 0 Å². The maximum atomic E-state index is 11.2. The molecule has 1 aromatic carbocycles. The van der Waals surface area contributed by atoms with Gasteiger partial charge in [-0.2, -0.15) is 0 Å². The first-order valence-electron chi connectivity index (χ1n) is 11.1. The van der Waals surface area contributed by atoms with Crippen molar-refractivity contribution in [1.82, 2.24) is 20.7 Å². The number of piperidine rings is 1. The number of benzene rings is 1. The number of nitrogens with zero attached hydrogens (tertiary/aromatic N) is 2. The Hall–Kier alpha value is -1.80. The summed E-state index contributed by atoms with van der Waals surface area (Å²) in [4.78, 5) is 18.3. The molecule has 1 saturated carbocycles. The first kappa shape index (κ1) is 21.4. The third-order valence-electron chi connectivity index (χ3n) is 6.32. The zero-order valence-corrected chi connectivity index (χ0v) is 18.2. The lowest BCUT2D eigenvalue weighted by molar-refractivity contribution is -0.128. The van der Waals surface area contributed by atoms with Gasteiger partial charge in [0, 0.05) is 23.8 Å². The number of carbonyl (C=O) groups is 1. The fourth-order valence-electron chi connectivity index (χ4n) is 4.42. The normalized spacial score (nSPS) is 22.2. The number of amides is 1. The summed E-state index contributed by atoms with van der Waals surface area (Å²) in [5.74, 6) is 1.11. The Bertz CT molecular complexity index is 805. The summed E-state index contributed by atoms with van der Waals surface area (Å²) in [6, 6.07) is 11.6. The Kier molecular flexibility index (Phi) is 7.49. The van der Waals surface area contributed by atoms with Crippen LogP contribution >= 0.6 is 11.3 Å². The molecule has 1 saturated heterocycles. The van der Waals surface area contributed by atoms with E-state index in [2.05, 4.69) is 45.5 Å². The van der Waals surface area contributed by atoms with Gasteiger partial charge in [0.2, 0.25) is 5.91 Å². The van der Waals surface area contributed by atoms with Crippen LogP contribution in [0.1, 0.15) is 47.9 Å². The molecule has 2 aromatic rings. The standard InChI is InChI=1S/C23H32N4O2S/c28-22(26-29)13-19-16-30-23(25-19)7-4-10-27-11-8-17(9-12-27)15-24-21-14-20(21)18-5-2-1-3-6-18/h1-3,5-6,16-17,20-21,24,29H,4,7-15H2,(H,26,28). The summed E-state index contributed by atoms with van der Waals surface area (Å²) in [5.41, 5.74) is 3.87. The van der Waals surface area contributed by atoms with Crippen LogP contribution in [0.4, 0.5) is 0 Å². The number of likely N-dealkylation sites (tertiary alicyclic amines) is 1. The van der Waals surface area contributed by atoms with Crippen LogP contribution in [0.15, 0.2) is 35.7 Å². The third-order valence-corrected chi connectivity index (χ3v) is 7.28. The lowest BCUT2D eigenvalue weighted by Crippen LogP contribution is -2.38. The second kappa shape index (κ2) is 10.5. The van der Waals surface area contributed by atoms with Gasteiger partial charge in [-0.25, -0.2) is 10.5 Å². The molecule has 4 rings (SSSR count). The van der Waals surface area contributed by atoms with E-state index in [-0.39, 0.29) is 6.42 Å². The minimum atomic E-state index is -0.415. The van der Waals surface area contributed by atoms with E-state index < -0.39 is 5.91 Å². The molecule has 7 heteroatoms. The monoisotopic (exact) mass is 428 g/mol. The molecular weight excluding hydrogens is 396 g/mol. The fraction of sp³-hybridized carbons (Fsp3) is 0.565. The Balaban J connectivity index is 1.08. The van der Waals surface area contributed by atoms with Crippen LogP contribution in [0.25, 0.3) is 0 Å². The molecule has 1 aromatic heterocycles. The highest BCUT2D eigenvalue weighted by molar-refractivity contribution is 7.09. The zero-order chi connectivity index (χ0) is 20.8. The maximum Gasteiger partial charge on any atom is 0.249 e. The molecule has 1 aliphatic carbocycles. The number of aryl methyl sites for hydroxylation is 1. The van der Waals surface area contributed by atoms with E-state index in [4.69, 9.17) is 5.21 Å². The van der Waals surface area contributed by atoms with Gasteiger partial charge in [0.15, 0.2) is 0 Å². The van der Waals surface area contributed by atoms with E-state index in [9.17, 15) is 4.79 Å². The molecule has 162 valence electrons. The van der Waals surface area contributed by atoms with E-state index in [1.54, 1.807) is 16.8 Å². The average Bonchev–Trinajstić information content (AvgIpc) is 3.44. The predicted molar refractivity (Wildman–Crippen MR) is 119 cm³/mol. The molecule has 2 heterocycles. The van der Waals surface area contributed by atoms with Gasteiger partial charge in [-0.15, -0.1) is 11.3 Å². The van der Waals surface area contributed by atoms with Crippen LogP contribution in [0.3, 0.4) is 0 Å². The van der Waals surface area contributed by atoms with Crippen molar-refractivity contribution in [2.75, 3.05) is 26.2 Å². The first-order chi connectivity index (χ1) is 14.7. The summed E-state index contributed by atoms with van der Waals surface area (Å²) in [7, 11) is 0. The van der Waals surface area contributed by atoms with Crippen molar-refractivity contribution in [3.8, 4) is 0 Å². The SMILES string of the molecule is O=C(Cc1csc(CCCN2CCC(CNC3CC3c3ccccc3)CC2)n1)NO. The van der Waals surface area contributed by atoms with Gasteiger partial charge >= 0.3 is 0 Å². The third kappa shape index (κ3) is 6.11. The topological polar surface area (TPSA) is 77.5 Å². The van der Waals surface area contributed by atoms with Crippen molar-refractivity contribution in [3.05, 3.63) is 52.0 Å². The Morgan fingerprint density at radius 2 is 2.03 bits per heavy atom. The van der Waals surface area contributed by atoms with Crippen LogP contribution < -0.4 is 10.8 Å². The average molecular weight is 429 g/mol. The largest absolute Gasteiger partial charge is 0.313 e. The molecule has 2 aliphatic rings. The lowest BCUT2D eigenvalue weighted by atomic mass is 9.96. The summed E-state index contributed by atoms with van der Waals surface area (Å²) >= 11 is 1.60.